The van der Waals surface area contributed by atoms with E-state index in [2.05, 4.69) is 0 Å². The van der Waals surface area contributed by atoms with Crippen molar-refractivity contribution in [2.24, 2.45) is 5.92 Å². The predicted molar refractivity (Wildman–Crippen MR) is 75.7 cm³/mol. The smallest absolute Gasteiger partial charge is 0.290 e. The first kappa shape index (κ1) is 15.9. The van der Waals surface area contributed by atoms with Crippen LogP contribution in [0.1, 0.15) is 12.8 Å². The molecule has 1 heterocycles. The van der Waals surface area contributed by atoms with E-state index in [1.54, 1.807) is 0 Å². The molecule has 114 valence electrons. The van der Waals surface area contributed by atoms with Gasteiger partial charge in [0.25, 0.3) is 5.69 Å². The minimum atomic E-state index is -4.02. The van der Waals surface area contributed by atoms with E-state index in [9.17, 15) is 23.3 Å². The Morgan fingerprint density at radius 1 is 1.43 bits per heavy atom. The van der Waals surface area contributed by atoms with Crippen molar-refractivity contribution in [3.63, 3.8) is 0 Å². The Morgan fingerprint density at radius 2 is 2.14 bits per heavy atom. The van der Waals surface area contributed by atoms with Crippen molar-refractivity contribution in [3.8, 4) is 0 Å². The van der Waals surface area contributed by atoms with Crippen LogP contribution in [0.3, 0.4) is 0 Å². The van der Waals surface area contributed by atoms with Crippen LogP contribution < -0.4 is 0 Å². The van der Waals surface area contributed by atoms with Crippen molar-refractivity contribution < 1.29 is 18.1 Å². The minimum Gasteiger partial charge on any atom is -0.303 e. The number of hydrogen-bond donors (Lipinski definition) is 0. The topological polar surface area (TPSA) is 97.6 Å². The number of sulfonamides is 1. The van der Waals surface area contributed by atoms with Crippen LogP contribution in [-0.2, 0) is 14.8 Å². The standard InChI is InChI=1S/C12H13ClN2O5S/c13-10-3-4-12(11(6-10)15(17)18)21(19,20)14-5-1-2-9(7-14)8-16/h3-4,6,8-9H,1-2,5,7H2. The zero-order chi connectivity index (χ0) is 15.6. The summed E-state index contributed by atoms with van der Waals surface area (Å²) in [5.74, 6) is -0.375. The summed E-state index contributed by atoms with van der Waals surface area (Å²) in [4.78, 5) is 20.7. The summed E-state index contributed by atoms with van der Waals surface area (Å²) < 4.78 is 26.2. The summed E-state index contributed by atoms with van der Waals surface area (Å²) in [6.07, 6.45) is 1.89. The Bertz CT molecular complexity index is 676. The third kappa shape index (κ3) is 3.22. The van der Waals surface area contributed by atoms with E-state index >= 15 is 0 Å². The molecule has 1 atom stereocenters. The van der Waals surface area contributed by atoms with Crippen LogP contribution in [0, 0.1) is 16.0 Å². The molecular formula is C12H13ClN2O5S. The zero-order valence-electron chi connectivity index (χ0n) is 10.9. The van der Waals surface area contributed by atoms with Gasteiger partial charge >= 0.3 is 0 Å². The fourth-order valence-corrected chi connectivity index (χ4v) is 4.13. The molecule has 0 aliphatic carbocycles. The molecular weight excluding hydrogens is 320 g/mol. The monoisotopic (exact) mass is 332 g/mol. The highest BCUT2D eigenvalue weighted by atomic mass is 35.5. The first-order valence-electron chi connectivity index (χ1n) is 6.25. The number of piperidine rings is 1. The van der Waals surface area contributed by atoms with Gasteiger partial charge in [0.05, 0.1) is 4.92 Å². The molecule has 9 heteroatoms. The minimum absolute atomic E-state index is 0.0472. The Labute approximate surface area is 126 Å². The van der Waals surface area contributed by atoms with Gasteiger partial charge in [-0.1, -0.05) is 11.6 Å². The number of nitrogens with zero attached hydrogens (tertiary/aromatic N) is 2. The maximum atomic E-state index is 12.5. The van der Waals surface area contributed by atoms with Crippen molar-refractivity contribution >= 4 is 33.6 Å². The molecule has 0 radical (unpaired) electrons. The van der Waals surface area contributed by atoms with Crippen LogP contribution >= 0.6 is 11.6 Å². The molecule has 0 saturated carbocycles. The number of aldehydes is 1. The van der Waals surface area contributed by atoms with Crippen LogP contribution in [0.4, 0.5) is 5.69 Å². The Morgan fingerprint density at radius 3 is 2.76 bits per heavy atom. The molecule has 1 unspecified atom stereocenters. The molecule has 0 amide bonds. The number of nitro groups is 1. The number of hydrogen-bond acceptors (Lipinski definition) is 5. The number of nitro benzene ring substituents is 1. The van der Waals surface area contributed by atoms with Crippen LogP contribution in [-0.4, -0.2) is 37.0 Å². The maximum Gasteiger partial charge on any atom is 0.290 e. The third-order valence-electron chi connectivity index (χ3n) is 3.35. The van der Waals surface area contributed by atoms with Gasteiger partial charge in [0, 0.05) is 30.1 Å². The maximum absolute atomic E-state index is 12.5. The normalized spacial score (nSPS) is 20.1. The summed E-state index contributed by atoms with van der Waals surface area (Å²) in [5, 5.41) is 11.1. The fourth-order valence-electron chi connectivity index (χ4n) is 2.29. The molecule has 0 bridgehead atoms. The SMILES string of the molecule is O=CC1CCCN(S(=O)(=O)c2ccc(Cl)cc2[N+](=O)[O-])C1. The van der Waals surface area contributed by atoms with Gasteiger partial charge in [-0.05, 0) is 25.0 Å². The van der Waals surface area contributed by atoms with Gasteiger partial charge in [0.15, 0.2) is 4.90 Å². The first-order valence-corrected chi connectivity index (χ1v) is 8.07. The van der Waals surface area contributed by atoms with Gasteiger partial charge in [0.2, 0.25) is 10.0 Å². The second kappa shape index (κ2) is 6.08. The van der Waals surface area contributed by atoms with Gasteiger partial charge in [0.1, 0.15) is 6.29 Å². The number of halogens is 1. The van der Waals surface area contributed by atoms with E-state index in [4.69, 9.17) is 11.6 Å². The molecule has 0 N–H and O–H groups in total. The lowest BCUT2D eigenvalue weighted by Crippen LogP contribution is -2.40. The summed E-state index contributed by atoms with van der Waals surface area (Å²) in [6, 6.07) is 3.43. The second-order valence-electron chi connectivity index (χ2n) is 4.77. The molecule has 1 fully saturated rings. The van der Waals surface area contributed by atoms with Crippen LogP contribution in [0.25, 0.3) is 0 Å². The van der Waals surface area contributed by atoms with E-state index in [0.717, 1.165) is 22.7 Å². The molecule has 1 saturated heterocycles. The molecule has 0 spiro atoms. The molecule has 2 rings (SSSR count). The van der Waals surface area contributed by atoms with Gasteiger partial charge in [-0.3, -0.25) is 10.1 Å². The van der Waals surface area contributed by atoms with Crippen LogP contribution in [0.5, 0.6) is 0 Å². The van der Waals surface area contributed by atoms with Crippen molar-refractivity contribution in [2.75, 3.05) is 13.1 Å². The number of rotatable bonds is 4. The molecule has 21 heavy (non-hydrogen) atoms. The second-order valence-corrected chi connectivity index (χ2v) is 7.11. The number of carbonyl (C=O) groups is 1. The number of carbonyl (C=O) groups excluding carboxylic acids is 1. The van der Waals surface area contributed by atoms with E-state index in [-0.39, 0.29) is 24.0 Å². The van der Waals surface area contributed by atoms with Crippen LogP contribution in [0.15, 0.2) is 23.1 Å². The molecule has 0 aromatic heterocycles. The Balaban J connectivity index is 2.44. The predicted octanol–water partition coefficient (Wildman–Crippen LogP) is 1.85. The summed E-state index contributed by atoms with van der Waals surface area (Å²) in [7, 11) is -4.02. The van der Waals surface area contributed by atoms with Crippen molar-refractivity contribution in [1.82, 2.24) is 4.31 Å². The lowest BCUT2D eigenvalue weighted by molar-refractivity contribution is -0.387. The first-order chi connectivity index (χ1) is 9.86. The van der Waals surface area contributed by atoms with E-state index in [1.807, 2.05) is 0 Å². The van der Waals surface area contributed by atoms with Gasteiger partial charge in [-0.25, -0.2) is 8.42 Å². The Hall–Kier alpha value is -1.51. The molecule has 1 aromatic rings. The average molecular weight is 333 g/mol. The highest BCUT2D eigenvalue weighted by molar-refractivity contribution is 7.89. The van der Waals surface area contributed by atoms with Gasteiger partial charge in [-0.15, -0.1) is 0 Å². The van der Waals surface area contributed by atoms with Gasteiger partial charge < -0.3 is 4.79 Å². The highest BCUT2D eigenvalue weighted by Gasteiger charge is 2.34. The van der Waals surface area contributed by atoms with Gasteiger partial charge in [-0.2, -0.15) is 4.31 Å². The lowest BCUT2D eigenvalue weighted by atomic mass is 10.0. The highest BCUT2D eigenvalue weighted by Crippen LogP contribution is 2.31. The summed E-state index contributed by atoms with van der Waals surface area (Å²) in [6.45, 7) is 0.290. The molecule has 1 aliphatic rings. The van der Waals surface area contributed by atoms with Crippen LogP contribution in [0.2, 0.25) is 5.02 Å². The fraction of sp³-hybridized carbons (Fsp3) is 0.417. The average Bonchev–Trinajstić information content (AvgIpc) is 2.46. The zero-order valence-corrected chi connectivity index (χ0v) is 12.5. The molecule has 1 aromatic carbocycles. The third-order valence-corrected chi connectivity index (χ3v) is 5.50. The van der Waals surface area contributed by atoms with E-state index in [1.165, 1.54) is 6.07 Å². The molecule has 7 nitrogen and oxygen atoms in total. The van der Waals surface area contributed by atoms with E-state index < -0.39 is 25.5 Å². The van der Waals surface area contributed by atoms with E-state index in [0.29, 0.717) is 12.8 Å². The largest absolute Gasteiger partial charge is 0.303 e. The number of benzene rings is 1. The summed E-state index contributed by atoms with van der Waals surface area (Å²) >= 11 is 5.68. The van der Waals surface area contributed by atoms with Crippen molar-refractivity contribution in [3.05, 3.63) is 33.3 Å². The lowest BCUT2D eigenvalue weighted by Gasteiger charge is -2.29. The quantitative estimate of drug-likeness (QED) is 0.476. The Kier molecular flexibility index (Phi) is 4.60. The summed E-state index contributed by atoms with van der Waals surface area (Å²) in [5.41, 5.74) is -0.560. The van der Waals surface area contributed by atoms with Crippen molar-refractivity contribution in [2.45, 2.75) is 17.7 Å². The van der Waals surface area contributed by atoms with Crippen molar-refractivity contribution in [1.29, 1.82) is 0 Å². The molecule has 1 aliphatic heterocycles.